The number of para-hydroxylation sites is 1. The number of aryl methyl sites for hydroxylation is 2. The highest BCUT2D eigenvalue weighted by Crippen LogP contribution is 2.56. The molecule has 9 nitrogen and oxygen atoms in total. The SMILES string of the molecule is COc1cc2c(cc1C[C@@H]1[C@@H]3C[C@H]4c5c(c6ccccc6n5C)C[C@@H]([C@@H]3CO[C@]1(C)OC)N4C)c1c(n2C)[C@@H]2C[C@H]3C(C(C)=O)=COC[C@H]3[C@H](C1)N2C. The molecule has 53 heavy (non-hydrogen) atoms. The third-order valence-corrected chi connectivity index (χ3v) is 15.4. The first-order valence-corrected chi connectivity index (χ1v) is 19.7. The van der Waals surface area contributed by atoms with E-state index < -0.39 is 5.79 Å². The topological polar surface area (TPSA) is 70.3 Å². The molecule has 4 bridgehead atoms. The van der Waals surface area contributed by atoms with Crippen molar-refractivity contribution in [2.24, 2.45) is 43.7 Å². The van der Waals surface area contributed by atoms with E-state index in [0.29, 0.717) is 49.1 Å². The number of benzene rings is 2. The van der Waals surface area contributed by atoms with Gasteiger partial charge in [0.25, 0.3) is 0 Å². The van der Waals surface area contributed by atoms with Crippen LogP contribution in [0.1, 0.15) is 66.9 Å². The Morgan fingerprint density at radius 1 is 0.849 bits per heavy atom. The molecule has 2 aromatic carbocycles. The number of ether oxygens (including phenoxy) is 4. The van der Waals surface area contributed by atoms with E-state index in [-0.39, 0.29) is 23.7 Å². The quantitative estimate of drug-likeness (QED) is 0.234. The minimum atomic E-state index is -0.707. The smallest absolute Gasteiger partial charge is 0.168 e. The number of allylic oxidation sites excluding steroid dienone is 1. The molecule has 9 heteroatoms. The Morgan fingerprint density at radius 3 is 2.25 bits per heavy atom. The summed E-state index contributed by atoms with van der Waals surface area (Å²) in [4.78, 5) is 17.9. The molecule has 3 saturated heterocycles. The van der Waals surface area contributed by atoms with Crippen molar-refractivity contribution in [1.82, 2.24) is 18.9 Å². The van der Waals surface area contributed by atoms with Crippen LogP contribution in [0.25, 0.3) is 21.8 Å². The van der Waals surface area contributed by atoms with E-state index in [1.807, 2.05) is 14.2 Å². The fraction of sp³-hybridized carbons (Fsp3) is 0.568. The van der Waals surface area contributed by atoms with Crippen LogP contribution in [0.5, 0.6) is 5.75 Å². The predicted molar refractivity (Wildman–Crippen MR) is 205 cm³/mol. The lowest BCUT2D eigenvalue weighted by Crippen LogP contribution is -2.62. The summed E-state index contributed by atoms with van der Waals surface area (Å²) >= 11 is 0. The highest BCUT2D eigenvalue weighted by atomic mass is 16.7. The van der Waals surface area contributed by atoms with Crippen LogP contribution < -0.4 is 4.74 Å². The van der Waals surface area contributed by atoms with Gasteiger partial charge in [-0.3, -0.25) is 14.6 Å². The first kappa shape index (κ1) is 33.9. The second-order valence-corrected chi connectivity index (χ2v) is 17.3. The zero-order chi connectivity index (χ0) is 36.7. The molecule has 4 aromatic rings. The van der Waals surface area contributed by atoms with Crippen LogP contribution in [-0.4, -0.2) is 84.1 Å². The maximum Gasteiger partial charge on any atom is 0.168 e. The monoisotopic (exact) mass is 718 g/mol. The van der Waals surface area contributed by atoms with Gasteiger partial charge in [-0.1, -0.05) is 18.2 Å². The summed E-state index contributed by atoms with van der Waals surface area (Å²) in [6.45, 7) is 5.23. The third-order valence-electron chi connectivity index (χ3n) is 15.4. The van der Waals surface area contributed by atoms with Gasteiger partial charge in [0.15, 0.2) is 11.6 Å². The van der Waals surface area contributed by atoms with Crippen molar-refractivity contribution in [1.29, 1.82) is 0 Å². The van der Waals surface area contributed by atoms with E-state index in [2.05, 4.69) is 90.4 Å². The summed E-state index contributed by atoms with van der Waals surface area (Å²) in [7, 11) is 12.7. The average Bonchev–Trinajstić information content (AvgIpc) is 3.58. The number of ketones is 1. The number of methoxy groups -OCH3 is 2. The van der Waals surface area contributed by atoms with Gasteiger partial charge in [0, 0.05) is 90.4 Å². The Labute approximate surface area is 312 Å². The van der Waals surface area contributed by atoms with Crippen molar-refractivity contribution in [2.45, 2.75) is 75.9 Å². The molecule has 280 valence electrons. The van der Waals surface area contributed by atoms with Crippen molar-refractivity contribution in [2.75, 3.05) is 41.5 Å². The largest absolute Gasteiger partial charge is 0.500 e. The Hall–Kier alpha value is -3.63. The number of carbonyl (C=O) groups excluding carboxylic acids is 1. The molecule has 0 spiro atoms. The standard InChI is InChI=1S/C44H54N4O5/c1-23(49)31-20-52-21-32-26(31)15-39-43-30(18-36(32)45(39)3)28-13-24(41(50-7)19-38(28)48(43)6)14-34-27-16-40-42-29(25-11-9-10-12-35(25)47(42)5)17-37(46(40)4)33(27)22-53-44(34,2)51-8/h9-13,19-20,26-27,32-34,36-37,39-40H,14-18,21-22H2,1-8H3/t26-,27+,32+,33+,34+,36-,37-,39-,40-,44-/m0/s1. The van der Waals surface area contributed by atoms with E-state index >= 15 is 0 Å². The van der Waals surface area contributed by atoms with Crippen LogP contribution in [-0.2, 0) is 52.4 Å². The number of aromatic nitrogens is 2. The van der Waals surface area contributed by atoms with Gasteiger partial charge in [-0.15, -0.1) is 0 Å². The van der Waals surface area contributed by atoms with Gasteiger partial charge < -0.3 is 28.1 Å². The van der Waals surface area contributed by atoms with Gasteiger partial charge in [-0.25, -0.2) is 0 Å². The Balaban J connectivity index is 1.05. The maximum absolute atomic E-state index is 12.7. The van der Waals surface area contributed by atoms with E-state index in [9.17, 15) is 4.79 Å². The van der Waals surface area contributed by atoms with Gasteiger partial charge in [-0.05, 0) is 101 Å². The number of fused-ring (bicyclic) bond motifs is 16. The number of carbonyl (C=O) groups is 1. The third kappa shape index (κ3) is 4.60. The molecule has 6 aliphatic heterocycles. The van der Waals surface area contributed by atoms with Gasteiger partial charge in [0.2, 0.25) is 0 Å². The summed E-state index contributed by atoms with van der Waals surface area (Å²) in [5, 5.41) is 2.73. The minimum Gasteiger partial charge on any atom is -0.500 e. The van der Waals surface area contributed by atoms with Crippen LogP contribution in [0.2, 0.25) is 0 Å². The van der Waals surface area contributed by atoms with Crippen molar-refractivity contribution in [3.63, 3.8) is 0 Å². The zero-order valence-electron chi connectivity index (χ0n) is 32.5. The number of Topliss-reactive ketones (excluding diaryl/α,β-unsaturated/α-hetero) is 1. The molecule has 0 amide bonds. The van der Waals surface area contributed by atoms with Gasteiger partial charge in [-0.2, -0.15) is 0 Å². The number of rotatable bonds is 5. The van der Waals surface area contributed by atoms with Crippen molar-refractivity contribution < 1.29 is 23.7 Å². The van der Waals surface area contributed by atoms with Gasteiger partial charge in [0.05, 0.1) is 44.2 Å². The molecular formula is C44H54N4O5. The molecule has 10 atom stereocenters. The van der Waals surface area contributed by atoms with E-state index in [0.717, 1.165) is 43.4 Å². The molecule has 0 saturated carbocycles. The molecule has 0 aliphatic carbocycles. The highest BCUT2D eigenvalue weighted by Gasteiger charge is 2.57. The van der Waals surface area contributed by atoms with Crippen LogP contribution in [0.3, 0.4) is 0 Å². The van der Waals surface area contributed by atoms with Crippen LogP contribution in [0.4, 0.5) is 0 Å². The summed E-state index contributed by atoms with van der Waals surface area (Å²) in [5.74, 6) is 1.87. The lowest BCUT2D eigenvalue weighted by molar-refractivity contribution is -0.301. The first-order valence-electron chi connectivity index (χ1n) is 19.7. The van der Waals surface area contributed by atoms with Crippen molar-refractivity contribution >= 4 is 27.6 Å². The van der Waals surface area contributed by atoms with Gasteiger partial charge in [0.1, 0.15) is 5.75 Å². The zero-order valence-corrected chi connectivity index (χ0v) is 32.5. The van der Waals surface area contributed by atoms with E-state index in [1.165, 1.54) is 49.9 Å². The van der Waals surface area contributed by atoms with E-state index in [4.69, 9.17) is 18.9 Å². The van der Waals surface area contributed by atoms with E-state index in [1.54, 1.807) is 13.2 Å². The van der Waals surface area contributed by atoms with Crippen molar-refractivity contribution in [3.05, 3.63) is 76.3 Å². The lowest BCUT2D eigenvalue weighted by Gasteiger charge is -2.58. The van der Waals surface area contributed by atoms with Crippen LogP contribution in [0, 0.1) is 29.6 Å². The normalized spacial score (nSPS) is 34.9. The lowest BCUT2D eigenvalue weighted by atomic mass is 9.62. The summed E-state index contributed by atoms with van der Waals surface area (Å²) in [6, 6.07) is 15.0. The van der Waals surface area contributed by atoms with Gasteiger partial charge >= 0.3 is 0 Å². The Kier molecular flexibility index (Phi) is 7.63. The molecular weight excluding hydrogens is 665 g/mol. The molecule has 3 fully saturated rings. The fourth-order valence-electron chi connectivity index (χ4n) is 12.6. The molecule has 8 heterocycles. The molecule has 0 radical (unpaired) electrons. The summed E-state index contributed by atoms with van der Waals surface area (Å²) in [5.41, 5.74) is 10.5. The molecule has 10 rings (SSSR count). The van der Waals surface area contributed by atoms with Crippen LogP contribution in [0.15, 0.2) is 48.2 Å². The van der Waals surface area contributed by atoms with Crippen LogP contribution >= 0.6 is 0 Å². The first-order chi connectivity index (χ1) is 25.5. The Bertz CT molecular complexity index is 2200. The number of likely N-dealkylation sites (N-methyl/N-ethyl adjacent to an activating group) is 2. The number of hydrogen-bond acceptors (Lipinski definition) is 7. The second kappa shape index (κ2) is 11.9. The summed E-state index contributed by atoms with van der Waals surface area (Å²) < 4.78 is 30.3. The number of nitrogens with zero attached hydrogens (tertiary/aromatic N) is 4. The molecule has 0 N–H and O–H groups in total. The minimum absolute atomic E-state index is 0.136. The molecule has 2 aromatic heterocycles. The highest BCUT2D eigenvalue weighted by molar-refractivity contribution is 5.94. The molecule has 6 aliphatic rings. The summed E-state index contributed by atoms with van der Waals surface area (Å²) in [6.07, 6.45) is 6.55. The second-order valence-electron chi connectivity index (χ2n) is 17.3. The average molecular weight is 719 g/mol. The number of hydrogen-bond donors (Lipinski definition) is 0. The molecule has 0 unspecified atom stereocenters. The Morgan fingerprint density at radius 2 is 1.53 bits per heavy atom. The predicted octanol–water partition coefficient (Wildman–Crippen LogP) is 6.50. The fourth-order valence-corrected chi connectivity index (χ4v) is 12.6. The maximum atomic E-state index is 12.7. The number of piperidine rings is 2. The van der Waals surface area contributed by atoms with Crippen molar-refractivity contribution in [3.8, 4) is 5.75 Å².